The van der Waals surface area contributed by atoms with Crippen LogP contribution in [-0.2, 0) is 22.1 Å². The first-order valence-electron chi connectivity index (χ1n) is 6.88. The van der Waals surface area contributed by atoms with Gasteiger partial charge >= 0.3 is 12.1 Å². The van der Waals surface area contributed by atoms with Gasteiger partial charge in [-0.15, -0.1) is 11.3 Å². The van der Waals surface area contributed by atoms with E-state index in [2.05, 4.69) is 10.3 Å². The van der Waals surface area contributed by atoms with Gasteiger partial charge in [-0.05, 0) is 25.1 Å². The molecule has 0 aliphatic carbocycles. The Morgan fingerprint density at radius 3 is 2.75 bits per heavy atom. The normalized spacial score (nSPS) is 11.2. The molecule has 0 aliphatic rings. The van der Waals surface area contributed by atoms with Crippen LogP contribution in [0.3, 0.4) is 0 Å². The second-order valence-electron chi connectivity index (χ2n) is 4.66. The highest BCUT2D eigenvalue weighted by atomic mass is 32.1. The van der Waals surface area contributed by atoms with Crippen LogP contribution >= 0.6 is 11.3 Å². The van der Waals surface area contributed by atoms with E-state index in [1.165, 1.54) is 6.07 Å². The van der Waals surface area contributed by atoms with Crippen LogP contribution in [0.1, 0.15) is 28.5 Å². The zero-order valence-corrected chi connectivity index (χ0v) is 13.3. The summed E-state index contributed by atoms with van der Waals surface area (Å²) < 4.78 is 42.8. The minimum absolute atomic E-state index is 0.0379. The minimum atomic E-state index is -4.52. The second-order valence-corrected chi connectivity index (χ2v) is 5.52. The molecule has 0 bridgehead atoms. The monoisotopic (exact) mass is 358 g/mol. The third-order valence-electron chi connectivity index (χ3n) is 2.86. The molecule has 0 unspecified atom stereocenters. The Labute approximate surface area is 139 Å². The first-order chi connectivity index (χ1) is 11.3. The lowest BCUT2D eigenvalue weighted by molar-refractivity contribution is -0.142. The number of amides is 1. The number of thiazole rings is 1. The highest BCUT2D eigenvalue weighted by Gasteiger charge is 2.30. The molecule has 0 radical (unpaired) electrons. The van der Waals surface area contributed by atoms with Crippen LogP contribution in [0.4, 0.5) is 18.3 Å². The Kier molecular flexibility index (Phi) is 5.55. The molecule has 1 aromatic carbocycles. The van der Waals surface area contributed by atoms with E-state index in [1.54, 1.807) is 12.3 Å². The SMILES string of the molecule is CCOC(=O)Cc1csc(NC(=O)c2cccc(C(F)(F)F)c2)n1. The van der Waals surface area contributed by atoms with Gasteiger partial charge in [0.05, 0.1) is 24.3 Å². The summed E-state index contributed by atoms with van der Waals surface area (Å²) in [4.78, 5) is 27.4. The van der Waals surface area contributed by atoms with E-state index in [-0.39, 0.29) is 23.7 Å². The van der Waals surface area contributed by atoms with Crippen LogP contribution in [0.15, 0.2) is 29.6 Å². The fraction of sp³-hybridized carbons (Fsp3) is 0.267. The van der Waals surface area contributed by atoms with Gasteiger partial charge in [0.2, 0.25) is 0 Å². The van der Waals surface area contributed by atoms with E-state index < -0.39 is 23.6 Å². The first-order valence-corrected chi connectivity index (χ1v) is 7.76. The third kappa shape index (κ3) is 4.79. The van der Waals surface area contributed by atoms with Crippen molar-refractivity contribution in [1.82, 2.24) is 4.98 Å². The summed E-state index contributed by atoms with van der Waals surface area (Å²) in [5, 5.41) is 4.17. The van der Waals surface area contributed by atoms with Gasteiger partial charge in [-0.1, -0.05) is 6.07 Å². The molecule has 1 amide bonds. The maximum atomic E-state index is 12.7. The molecule has 0 atom stereocenters. The highest BCUT2D eigenvalue weighted by molar-refractivity contribution is 7.14. The Morgan fingerprint density at radius 2 is 2.08 bits per heavy atom. The van der Waals surface area contributed by atoms with Crippen molar-refractivity contribution < 1.29 is 27.5 Å². The van der Waals surface area contributed by atoms with Gasteiger partial charge in [0, 0.05) is 10.9 Å². The minimum Gasteiger partial charge on any atom is -0.466 e. The Hall–Kier alpha value is -2.42. The molecule has 128 valence electrons. The van der Waals surface area contributed by atoms with Crippen molar-refractivity contribution in [1.29, 1.82) is 0 Å². The summed E-state index contributed by atoms with van der Waals surface area (Å²) in [6.07, 6.45) is -4.56. The molecule has 1 aromatic heterocycles. The lowest BCUT2D eigenvalue weighted by Crippen LogP contribution is -2.14. The Morgan fingerprint density at radius 1 is 1.33 bits per heavy atom. The molecule has 0 saturated heterocycles. The molecule has 0 saturated carbocycles. The molecule has 24 heavy (non-hydrogen) atoms. The predicted octanol–water partition coefficient (Wildman–Crippen LogP) is 3.52. The number of ether oxygens (including phenoxy) is 1. The third-order valence-corrected chi connectivity index (χ3v) is 3.66. The molecular formula is C15H13F3N2O3S. The van der Waals surface area contributed by atoms with Crippen LogP contribution in [0, 0.1) is 0 Å². The highest BCUT2D eigenvalue weighted by Crippen LogP contribution is 2.29. The summed E-state index contributed by atoms with van der Waals surface area (Å²) in [6.45, 7) is 1.93. The van der Waals surface area contributed by atoms with Crippen molar-refractivity contribution in [2.75, 3.05) is 11.9 Å². The number of anilines is 1. The number of nitrogens with one attached hydrogen (secondary N) is 1. The number of carbonyl (C=O) groups excluding carboxylic acids is 2. The molecule has 2 aromatic rings. The van der Waals surface area contributed by atoms with Crippen molar-refractivity contribution in [3.05, 3.63) is 46.5 Å². The van der Waals surface area contributed by atoms with Crippen LogP contribution in [0.5, 0.6) is 0 Å². The van der Waals surface area contributed by atoms with E-state index in [0.29, 0.717) is 5.69 Å². The smallest absolute Gasteiger partial charge is 0.416 e. The number of halogens is 3. The van der Waals surface area contributed by atoms with Crippen LogP contribution in [0.25, 0.3) is 0 Å². The number of aromatic nitrogens is 1. The van der Waals surface area contributed by atoms with Crippen molar-refractivity contribution in [3.63, 3.8) is 0 Å². The lowest BCUT2D eigenvalue weighted by Gasteiger charge is -2.08. The number of rotatable bonds is 5. The van der Waals surface area contributed by atoms with Gasteiger partial charge < -0.3 is 4.74 Å². The molecule has 0 aliphatic heterocycles. The van der Waals surface area contributed by atoms with Gasteiger partial charge in [0.15, 0.2) is 5.13 Å². The zero-order chi connectivity index (χ0) is 17.7. The van der Waals surface area contributed by atoms with Crippen molar-refractivity contribution in [2.24, 2.45) is 0 Å². The number of alkyl halides is 3. The predicted molar refractivity (Wildman–Crippen MR) is 81.8 cm³/mol. The van der Waals surface area contributed by atoms with Crippen molar-refractivity contribution in [3.8, 4) is 0 Å². The number of esters is 1. The van der Waals surface area contributed by atoms with Crippen molar-refractivity contribution in [2.45, 2.75) is 19.5 Å². The number of hydrogen-bond donors (Lipinski definition) is 1. The van der Waals surface area contributed by atoms with Gasteiger partial charge in [0.1, 0.15) is 0 Å². The lowest BCUT2D eigenvalue weighted by atomic mass is 10.1. The number of benzene rings is 1. The summed E-state index contributed by atoms with van der Waals surface area (Å²) >= 11 is 1.07. The van der Waals surface area contributed by atoms with Crippen molar-refractivity contribution >= 4 is 28.3 Å². The maximum absolute atomic E-state index is 12.7. The maximum Gasteiger partial charge on any atom is 0.416 e. The van der Waals surface area contributed by atoms with E-state index in [9.17, 15) is 22.8 Å². The summed E-state index contributed by atoms with van der Waals surface area (Å²) in [7, 11) is 0. The summed E-state index contributed by atoms with van der Waals surface area (Å²) in [5.41, 5.74) is -0.623. The van der Waals surface area contributed by atoms with Crippen LogP contribution < -0.4 is 5.32 Å². The topological polar surface area (TPSA) is 68.3 Å². The van der Waals surface area contributed by atoms with E-state index in [4.69, 9.17) is 4.74 Å². The average Bonchev–Trinajstić information content (AvgIpc) is 2.93. The number of hydrogen-bond acceptors (Lipinski definition) is 5. The molecule has 1 N–H and O–H groups in total. The fourth-order valence-corrected chi connectivity index (χ4v) is 2.52. The first kappa shape index (κ1) is 17.9. The summed E-state index contributed by atoms with van der Waals surface area (Å²) in [5.74, 6) is -1.16. The number of carbonyl (C=O) groups is 2. The van der Waals surface area contributed by atoms with Gasteiger partial charge in [-0.25, -0.2) is 4.98 Å². The molecule has 5 nitrogen and oxygen atoms in total. The van der Waals surface area contributed by atoms with Gasteiger partial charge in [0.25, 0.3) is 5.91 Å². The quantitative estimate of drug-likeness (QED) is 0.831. The molecule has 0 spiro atoms. The summed E-state index contributed by atoms with van der Waals surface area (Å²) in [6, 6.07) is 4.09. The van der Waals surface area contributed by atoms with Gasteiger partial charge in [-0.3, -0.25) is 14.9 Å². The molecule has 0 fully saturated rings. The Bertz CT molecular complexity index is 744. The standard InChI is InChI=1S/C15H13F3N2O3S/c1-2-23-12(21)7-11-8-24-14(19-11)20-13(22)9-4-3-5-10(6-9)15(16,17)18/h3-6,8H,2,7H2,1H3,(H,19,20,22). The second kappa shape index (κ2) is 7.43. The van der Waals surface area contributed by atoms with Crippen LogP contribution in [0.2, 0.25) is 0 Å². The molecular weight excluding hydrogens is 345 g/mol. The Balaban J connectivity index is 2.05. The van der Waals surface area contributed by atoms with Gasteiger partial charge in [-0.2, -0.15) is 13.2 Å². The molecule has 9 heteroatoms. The van der Waals surface area contributed by atoms with Crippen LogP contribution in [-0.4, -0.2) is 23.5 Å². The molecule has 2 rings (SSSR count). The fourth-order valence-electron chi connectivity index (χ4n) is 1.81. The largest absolute Gasteiger partial charge is 0.466 e. The number of nitrogens with zero attached hydrogens (tertiary/aromatic N) is 1. The molecule has 1 heterocycles. The average molecular weight is 358 g/mol. The van der Waals surface area contributed by atoms with E-state index >= 15 is 0 Å². The van der Waals surface area contributed by atoms with E-state index in [1.807, 2.05) is 0 Å². The van der Waals surface area contributed by atoms with E-state index in [0.717, 1.165) is 29.5 Å². The zero-order valence-electron chi connectivity index (χ0n) is 12.5.